The van der Waals surface area contributed by atoms with Crippen molar-refractivity contribution in [3.05, 3.63) is 65.7 Å². The van der Waals surface area contributed by atoms with Crippen LogP contribution in [0.25, 0.3) is 0 Å². The number of hydrogen-bond donors (Lipinski definition) is 3. The van der Waals surface area contributed by atoms with Crippen molar-refractivity contribution in [2.75, 3.05) is 11.5 Å². The third kappa shape index (κ3) is 4.67. The van der Waals surface area contributed by atoms with Crippen LogP contribution in [0.4, 0.5) is 34.1 Å². The van der Waals surface area contributed by atoms with Crippen molar-refractivity contribution in [2.24, 2.45) is 20.5 Å². The van der Waals surface area contributed by atoms with E-state index in [1.54, 1.807) is 24.3 Å². The first kappa shape index (κ1) is 21.1. The number of azo groups is 2. The standard InChI is InChI=1S/C20H20N6O3S/c1-12-8-9-13(2)15(10-12)24-26-20-18(21)16(11-17(19(20)22)30(27,28)29)25-23-14-6-4-3-5-7-14/h3-11H,21-22H2,1-2H3,(H,27,28,29). The molecule has 0 saturated carbocycles. The highest BCUT2D eigenvalue weighted by atomic mass is 32.2. The first-order chi connectivity index (χ1) is 14.2. The summed E-state index contributed by atoms with van der Waals surface area (Å²) in [5, 5.41) is 16.3. The number of nitrogens with zero attached hydrogens (tertiary/aromatic N) is 4. The van der Waals surface area contributed by atoms with E-state index < -0.39 is 15.0 Å². The molecule has 0 aliphatic carbocycles. The van der Waals surface area contributed by atoms with Gasteiger partial charge in [-0.25, -0.2) is 0 Å². The first-order valence-electron chi connectivity index (χ1n) is 8.82. The molecule has 3 aromatic rings. The van der Waals surface area contributed by atoms with E-state index in [-0.39, 0.29) is 22.7 Å². The van der Waals surface area contributed by atoms with Gasteiger partial charge in [0, 0.05) is 0 Å². The molecule has 0 bridgehead atoms. The van der Waals surface area contributed by atoms with Crippen molar-refractivity contribution in [1.29, 1.82) is 0 Å². The van der Waals surface area contributed by atoms with E-state index in [2.05, 4.69) is 20.5 Å². The Kier molecular flexibility index (Phi) is 5.90. The van der Waals surface area contributed by atoms with Crippen molar-refractivity contribution >= 4 is 44.2 Å². The van der Waals surface area contributed by atoms with E-state index in [1.165, 1.54) is 0 Å². The average Bonchev–Trinajstić information content (AvgIpc) is 2.69. The second-order valence-electron chi connectivity index (χ2n) is 6.57. The molecule has 5 N–H and O–H groups in total. The van der Waals surface area contributed by atoms with Gasteiger partial charge in [0.15, 0.2) is 0 Å². The SMILES string of the molecule is Cc1ccc(C)c(N=Nc2c(N)c(N=Nc3ccccc3)cc(S(=O)(=O)O)c2N)c1. The second kappa shape index (κ2) is 8.39. The molecule has 0 saturated heterocycles. The molecule has 0 heterocycles. The van der Waals surface area contributed by atoms with Crippen LogP contribution >= 0.6 is 0 Å². The first-order valence-corrected chi connectivity index (χ1v) is 10.3. The van der Waals surface area contributed by atoms with Gasteiger partial charge >= 0.3 is 0 Å². The lowest BCUT2D eigenvalue weighted by Crippen LogP contribution is -2.05. The van der Waals surface area contributed by atoms with Crippen molar-refractivity contribution in [3.8, 4) is 0 Å². The monoisotopic (exact) mass is 424 g/mol. The summed E-state index contributed by atoms with van der Waals surface area (Å²) in [7, 11) is -4.66. The van der Waals surface area contributed by atoms with Gasteiger partial charge in [0.25, 0.3) is 10.1 Å². The van der Waals surface area contributed by atoms with Gasteiger partial charge in [0.1, 0.15) is 16.3 Å². The van der Waals surface area contributed by atoms with Crippen LogP contribution in [-0.4, -0.2) is 13.0 Å². The molecule has 9 nitrogen and oxygen atoms in total. The molecular weight excluding hydrogens is 404 g/mol. The zero-order chi connectivity index (χ0) is 21.9. The third-order valence-electron chi connectivity index (χ3n) is 4.25. The largest absolute Gasteiger partial charge is 0.396 e. The molecule has 0 fully saturated rings. The highest BCUT2D eigenvalue weighted by molar-refractivity contribution is 7.86. The number of nitrogen functional groups attached to an aromatic ring is 2. The maximum Gasteiger partial charge on any atom is 0.296 e. The highest BCUT2D eigenvalue weighted by Gasteiger charge is 2.22. The number of anilines is 2. The number of aryl methyl sites for hydroxylation is 2. The van der Waals surface area contributed by atoms with Gasteiger partial charge in [-0.1, -0.05) is 30.3 Å². The summed E-state index contributed by atoms with van der Waals surface area (Å²) in [6, 6.07) is 15.4. The van der Waals surface area contributed by atoms with Gasteiger partial charge in [-0.05, 0) is 49.2 Å². The Morgan fingerprint density at radius 1 is 0.800 bits per heavy atom. The van der Waals surface area contributed by atoms with Crippen molar-refractivity contribution < 1.29 is 13.0 Å². The molecule has 0 amide bonds. The van der Waals surface area contributed by atoms with Crippen molar-refractivity contribution in [3.63, 3.8) is 0 Å². The summed E-state index contributed by atoms with van der Waals surface area (Å²) in [6.07, 6.45) is 0. The lowest BCUT2D eigenvalue weighted by atomic mass is 10.1. The molecule has 3 aromatic carbocycles. The van der Waals surface area contributed by atoms with Gasteiger partial charge in [-0.15, -0.1) is 10.2 Å². The van der Waals surface area contributed by atoms with E-state index in [9.17, 15) is 13.0 Å². The Labute approximate surface area is 173 Å². The summed E-state index contributed by atoms with van der Waals surface area (Å²) in [4.78, 5) is -0.575. The van der Waals surface area contributed by atoms with Gasteiger partial charge in [0.05, 0.1) is 22.7 Å². The molecule has 154 valence electrons. The van der Waals surface area contributed by atoms with Gasteiger partial charge in [-0.3, -0.25) is 4.55 Å². The summed E-state index contributed by atoms with van der Waals surface area (Å²) < 4.78 is 33.2. The Morgan fingerprint density at radius 2 is 1.47 bits per heavy atom. The minimum atomic E-state index is -4.66. The summed E-state index contributed by atoms with van der Waals surface area (Å²) >= 11 is 0. The summed E-state index contributed by atoms with van der Waals surface area (Å²) in [6.45, 7) is 3.76. The van der Waals surface area contributed by atoms with Gasteiger partial charge in [0.2, 0.25) is 0 Å². The lowest BCUT2D eigenvalue weighted by Gasteiger charge is -2.10. The fraction of sp³-hybridized carbons (Fsp3) is 0.100. The highest BCUT2D eigenvalue weighted by Crippen LogP contribution is 2.43. The number of benzene rings is 3. The molecule has 0 spiro atoms. The molecule has 30 heavy (non-hydrogen) atoms. The Hall–Kier alpha value is -3.63. The predicted molar refractivity (Wildman–Crippen MR) is 116 cm³/mol. The van der Waals surface area contributed by atoms with Crippen LogP contribution in [0.3, 0.4) is 0 Å². The van der Waals surface area contributed by atoms with Crippen LogP contribution in [0.2, 0.25) is 0 Å². The van der Waals surface area contributed by atoms with Gasteiger partial charge in [-0.2, -0.15) is 18.6 Å². The number of hydrogen-bond acceptors (Lipinski definition) is 8. The van der Waals surface area contributed by atoms with Crippen LogP contribution in [0.15, 0.2) is 79.9 Å². The molecule has 0 radical (unpaired) electrons. The lowest BCUT2D eigenvalue weighted by molar-refractivity contribution is 0.483. The molecule has 10 heteroatoms. The molecule has 0 unspecified atom stereocenters. The molecule has 3 rings (SSSR count). The third-order valence-corrected chi connectivity index (χ3v) is 5.14. The molecule has 0 aromatic heterocycles. The maximum absolute atomic E-state index is 11.8. The van der Waals surface area contributed by atoms with Crippen LogP contribution in [0, 0.1) is 13.8 Å². The minimum absolute atomic E-state index is 0.0180. The quantitative estimate of drug-likeness (QED) is 0.278. The number of rotatable bonds is 5. The normalized spacial score (nSPS) is 12.1. The van der Waals surface area contributed by atoms with Crippen LogP contribution in [-0.2, 0) is 10.1 Å². The van der Waals surface area contributed by atoms with Crippen LogP contribution in [0.1, 0.15) is 11.1 Å². The summed E-state index contributed by atoms with van der Waals surface area (Å²) in [5.41, 5.74) is 14.5. The average molecular weight is 424 g/mol. The van der Waals surface area contributed by atoms with E-state index in [1.807, 2.05) is 38.1 Å². The predicted octanol–water partition coefficient (Wildman–Crippen LogP) is 5.55. The zero-order valence-corrected chi connectivity index (χ0v) is 17.1. The molecular formula is C20H20N6O3S. The van der Waals surface area contributed by atoms with Crippen molar-refractivity contribution in [1.82, 2.24) is 0 Å². The Bertz CT molecular complexity index is 1260. The summed E-state index contributed by atoms with van der Waals surface area (Å²) in [5.74, 6) is 0. The van der Waals surface area contributed by atoms with Crippen LogP contribution in [0.5, 0.6) is 0 Å². The second-order valence-corrected chi connectivity index (χ2v) is 7.96. The smallest absolute Gasteiger partial charge is 0.296 e. The zero-order valence-electron chi connectivity index (χ0n) is 16.3. The molecule has 0 atom stereocenters. The van der Waals surface area contributed by atoms with Crippen molar-refractivity contribution in [2.45, 2.75) is 18.7 Å². The van der Waals surface area contributed by atoms with E-state index >= 15 is 0 Å². The fourth-order valence-corrected chi connectivity index (χ4v) is 3.24. The van der Waals surface area contributed by atoms with E-state index in [0.29, 0.717) is 11.4 Å². The van der Waals surface area contributed by atoms with E-state index in [4.69, 9.17) is 11.5 Å². The fourth-order valence-electron chi connectivity index (χ4n) is 2.60. The number of nitrogens with two attached hydrogens (primary N) is 2. The minimum Gasteiger partial charge on any atom is -0.396 e. The van der Waals surface area contributed by atoms with Crippen LogP contribution < -0.4 is 11.5 Å². The van der Waals surface area contributed by atoms with E-state index in [0.717, 1.165) is 17.2 Å². The maximum atomic E-state index is 11.8. The molecule has 0 aliphatic rings. The Morgan fingerprint density at radius 3 is 2.13 bits per heavy atom. The molecule has 0 aliphatic heterocycles. The topological polar surface area (TPSA) is 156 Å². The van der Waals surface area contributed by atoms with Gasteiger partial charge < -0.3 is 11.5 Å². The Balaban J connectivity index is 2.15.